The van der Waals surface area contributed by atoms with Gasteiger partial charge < -0.3 is 16.2 Å². The number of nitrogens with one attached hydrogen (secondary N) is 1. The van der Waals surface area contributed by atoms with Gasteiger partial charge in [-0.1, -0.05) is 44.9 Å². The quantitative estimate of drug-likeness (QED) is 0.274. The fourth-order valence-corrected chi connectivity index (χ4v) is 2.53. The number of amides is 1. The van der Waals surface area contributed by atoms with Crippen molar-refractivity contribution in [3.63, 3.8) is 0 Å². The Kier molecular flexibility index (Phi) is 14.6. The van der Waals surface area contributed by atoms with E-state index in [-0.39, 0.29) is 5.91 Å². The number of aliphatic carboxylic acids is 1. The van der Waals surface area contributed by atoms with Crippen molar-refractivity contribution in [2.75, 3.05) is 12.3 Å². The SMILES string of the molecule is NC(CCS)C(=O)NCCCCCCCCCCCC(=O)O. The Hall–Kier alpha value is -0.750. The molecular weight excluding hydrogens is 300 g/mol. The third-order valence-electron chi connectivity index (χ3n) is 3.64. The van der Waals surface area contributed by atoms with Crippen molar-refractivity contribution in [3.05, 3.63) is 0 Å². The van der Waals surface area contributed by atoms with Crippen molar-refractivity contribution in [1.29, 1.82) is 0 Å². The highest BCUT2D eigenvalue weighted by Crippen LogP contribution is 2.10. The Labute approximate surface area is 139 Å². The van der Waals surface area contributed by atoms with Crippen LogP contribution in [0.5, 0.6) is 0 Å². The van der Waals surface area contributed by atoms with E-state index in [2.05, 4.69) is 17.9 Å². The summed E-state index contributed by atoms with van der Waals surface area (Å²) in [5.74, 6) is -0.140. The molecule has 1 amide bonds. The van der Waals surface area contributed by atoms with Crippen LogP contribution in [0.4, 0.5) is 0 Å². The van der Waals surface area contributed by atoms with Gasteiger partial charge in [-0.05, 0) is 25.0 Å². The lowest BCUT2D eigenvalue weighted by molar-refractivity contribution is -0.137. The Bertz CT molecular complexity index is 301. The third kappa shape index (κ3) is 14.2. The van der Waals surface area contributed by atoms with Crippen molar-refractivity contribution in [2.45, 2.75) is 76.7 Å². The second-order valence-corrected chi connectivity index (χ2v) is 6.18. The van der Waals surface area contributed by atoms with E-state index in [1.165, 1.54) is 25.7 Å². The number of thiol groups is 1. The number of nitrogens with two attached hydrogens (primary N) is 1. The van der Waals surface area contributed by atoms with E-state index in [4.69, 9.17) is 10.8 Å². The number of unbranched alkanes of at least 4 members (excludes halogenated alkanes) is 8. The maximum Gasteiger partial charge on any atom is 0.303 e. The fraction of sp³-hybridized carbons (Fsp3) is 0.875. The second kappa shape index (κ2) is 15.2. The third-order valence-corrected chi connectivity index (χ3v) is 3.90. The molecule has 0 aromatic carbocycles. The molecule has 130 valence electrons. The van der Waals surface area contributed by atoms with Crippen molar-refractivity contribution in [1.82, 2.24) is 5.32 Å². The number of hydrogen-bond donors (Lipinski definition) is 4. The molecule has 6 heteroatoms. The molecule has 0 radical (unpaired) electrons. The summed E-state index contributed by atoms with van der Waals surface area (Å²) in [6.07, 6.45) is 10.8. The highest BCUT2D eigenvalue weighted by molar-refractivity contribution is 7.80. The Morgan fingerprint density at radius 2 is 1.45 bits per heavy atom. The standard InChI is InChI=1S/C16H32N2O3S/c17-14(11-13-22)16(21)18-12-9-7-5-3-1-2-4-6-8-10-15(19)20/h14,22H,1-13,17H2,(H,18,21)(H,19,20). The molecule has 0 fully saturated rings. The second-order valence-electron chi connectivity index (χ2n) is 5.74. The van der Waals surface area contributed by atoms with Crippen LogP contribution < -0.4 is 11.1 Å². The van der Waals surface area contributed by atoms with Crippen LogP contribution >= 0.6 is 12.6 Å². The smallest absolute Gasteiger partial charge is 0.303 e. The first-order valence-electron chi connectivity index (χ1n) is 8.44. The van der Waals surface area contributed by atoms with Gasteiger partial charge in [-0.3, -0.25) is 9.59 Å². The summed E-state index contributed by atoms with van der Waals surface area (Å²) in [5.41, 5.74) is 5.68. The van der Waals surface area contributed by atoms with Crippen LogP contribution in [0.15, 0.2) is 0 Å². The molecule has 1 atom stereocenters. The van der Waals surface area contributed by atoms with Crippen LogP contribution in [-0.4, -0.2) is 35.3 Å². The van der Waals surface area contributed by atoms with Gasteiger partial charge in [-0.2, -0.15) is 12.6 Å². The van der Waals surface area contributed by atoms with Crippen LogP contribution in [0, 0.1) is 0 Å². The molecule has 0 saturated heterocycles. The molecular formula is C16H32N2O3S. The van der Waals surface area contributed by atoms with E-state index in [9.17, 15) is 9.59 Å². The zero-order valence-electron chi connectivity index (χ0n) is 13.6. The van der Waals surface area contributed by atoms with E-state index in [0.29, 0.717) is 25.1 Å². The molecule has 0 rings (SSSR count). The summed E-state index contributed by atoms with van der Waals surface area (Å²) in [6, 6.07) is -0.432. The molecule has 5 nitrogen and oxygen atoms in total. The molecule has 0 aliphatic heterocycles. The fourth-order valence-electron chi connectivity index (χ4n) is 2.25. The Balaban J connectivity index is 3.20. The first-order valence-corrected chi connectivity index (χ1v) is 9.07. The van der Waals surface area contributed by atoms with E-state index in [0.717, 1.165) is 32.1 Å². The summed E-state index contributed by atoms with van der Waals surface area (Å²) in [6.45, 7) is 0.703. The van der Waals surface area contributed by atoms with Crippen molar-refractivity contribution < 1.29 is 14.7 Å². The van der Waals surface area contributed by atoms with Gasteiger partial charge >= 0.3 is 5.97 Å². The molecule has 4 N–H and O–H groups in total. The van der Waals surface area contributed by atoms with Gasteiger partial charge in [0, 0.05) is 13.0 Å². The highest BCUT2D eigenvalue weighted by atomic mass is 32.1. The largest absolute Gasteiger partial charge is 0.481 e. The number of carbonyl (C=O) groups is 2. The van der Waals surface area contributed by atoms with E-state index < -0.39 is 12.0 Å². The molecule has 0 saturated carbocycles. The molecule has 0 spiro atoms. The summed E-state index contributed by atoms with van der Waals surface area (Å²) in [4.78, 5) is 21.9. The first kappa shape index (κ1) is 21.2. The lowest BCUT2D eigenvalue weighted by Crippen LogP contribution is -2.41. The Morgan fingerprint density at radius 3 is 1.95 bits per heavy atom. The number of carbonyl (C=O) groups excluding carboxylic acids is 1. The molecule has 0 aliphatic carbocycles. The zero-order chi connectivity index (χ0) is 16.6. The highest BCUT2D eigenvalue weighted by Gasteiger charge is 2.10. The van der Waals surface area contributed by atoms with Crippen LogP contribution in [0.1, 0.15) is 70.6 Å². The Morgan fingerprint density at radius 1 is 0.955 bits per heavy atom. The molecule has 0 aliphatic rings. The van der Waals surface area contributed by atoms with Crippen molar-refractivity contribution >= 4 is 24.5 Å². The first-order chi connectivity index (χ1) is 10.6. The van der Waals surface area contributed by atoms with E-state index in [1.807, 2.05) is 0 Å². The van der Waals surface area contributed by atoms with Gasteiger partial charge in [-0.15, -0.1) is 0 Å². The average molecular weight is 333 g/mol. The summed E-state index contributed by atoms with van der Waals surface area (Å²) in [7, 11) is 0. The molecule has 0 aromatic rings. The minimum atomic E-state index is -0.696. The average Bonchev–Trinajstić information content (AvgIpc) is 2.48. The normalized spacial score (nSPS) is 12.1. The number of hydrogen-bond acceptors (Lipinski definition) is 4. The van der Waals surface area contributed by atoms with E-state index >= 15 is 0 Å². The predicted molar refractivity (Wildman–Crippen MR) is 93.3 cm³/mol. The number of rotatable bonds is 15. The molecule has 22 heavy (non-hydrogen) atoms. The molecule has 0 bridgehead atoms. The van der Waals surface area contributed by atoms with Crippen LogP contribution in [0.25, 0.3) is 0 Å². The van der Waals surface area contributed by atoms with Gasteiger partial charge in [0.25, 0.3) is 0 Å². The van der Waals surface area contributed by atoms with Gasteiger partial charge in [0.15, 0.2) is 0 Å². The monoisotopic (exact) mass is 332 g/mol. The van der Waals surface area contributed by atoms with Crippen LogP contribution in [-0.2, 0) is 9.59 Å². The number of carboxylic acid groups (broad SMARTS) is 1. The molecule has 0 aromatic heterocycles. The maximum absolute atomic E-state index is 11.5. The predicted octanol–water partition coefficient (Wildman–Crippen LogP) is 2.74. The summed E-state index contributed by atoms with van der Waals surface area (Å²) < 4.78 is 0. The summed E-state index contributed by atoms with van der Waals surface area (Å²) >= 11 is 4.06. The van der Waals surface area contributed by atoms with Crippen molar-refractivity contribution in [2.24, 2.45) is 5.73 Å². The van der Waals surface area contributed by atoms with Crippen LogP contribution in [0.3, 0.4) is 0 Å². The minimum absolute atomic E-state index is 0.0737. The zero-order valence-corrected chi connectivity index (χ0v) is 14.5. The minimum Gasteiger partial charge on any atom is -0.481 e. The van der Waals surface area contributed by atoms with Crippen LogP contribution in [0.2, 0.25) is 0 Å². The van der Waals surface area contributed by atoms with Gasteiger partial charge in [0.2, 0.25) is 5.91 Å². The van der Waals surface area contributed by atoms with E-state index in [1.54, 1.807) is 0 Å². The molecule has 0 heterocycles. The van der Waals surface area contributed by atoms with Gasteiger partial charge in [0.1, 0.15) is 0 Å². The van der Waals surface area contributed by atoms with Gasteiger partial charge in [-0.25, -0.2) is 0 Å². The lowest BCUT2D eigenvalue weighted by Gasteiger charge is -2.10. The summed E-state index contributed by atoms with van der Waals surface area (Å²) in [5, 5.41) is 11.4. The number of carboxylic acids is 1. The molecule has 1 unspecified atom stereocenters. The topological polar surface area (TPSA) is 92.4 Å². The maximum atomic E-state index is 11.5. The van der Waals surface area contributed by atoms with Gasteiger partial charge in [0.05, 0.1) is 6.04 Å². The van der Waals surface area contributed by atoms with Crippen molar-refractivity contribution in [3.8, 4) is 0 Å². The lowest BCUT2D eigenvalue weighted by atomic mass is 10.1.